The van der Waals surface area contributed by atoms with E-state index >= 15 is 0 Å². The lowest BCUT2D eigenvalue weighted by Gasteiger charge is -2.18. The van der Waals surface area contributed by atoms with Crippen molar-refractivity contribution in [2.75, 3.05) is 11.3 Å². The minimum absolute atomic E-state index is 0.265. The van der Waals surface area contributed by atoms with E-state index in [1.54, 1.807) is 0 Å². The number of rotatable bonds is 3. The van der Waals surface area contributed by atoms with Crippen LogP contribution in [0.5, 0.6) is 5.75 Å². The molecule has 0 bridgehead atoms. The van der Waals surface area contributed by atoms with Gasteiger partial charge in [-0.3, -0.25) is 4.72 Å². The summed E-state index contributed by atoms with van der Waals surface area (Å²) in [6.07, 6.45) is 1.22. The van der Waals surface area contributed by atoms with Crippen molar-refractivity contribution in [2.45, 2.75) is 13.3 Å². The molecule has 96 valence electrons. The standard InChI is InChI=1S/C12H15N3O2S/c1-7-5-8(7)6-17-10-4-2-3-9-11(10)12(13)15-18(16)14-9/h2-4,7-8,14H,5-6H2,1H3,(H2,13,15)/t7-,8?,18?/m0/s1. The van der Waals surface area contributed by atoms with Crippen LogP contribution in [0.2, 0.25) is 0 Å². The van der Waals surface area contributed by atoms with Crippen molar-refractivity contribution in [1.82, 2.24) is 0 Å². The van der Waals surface area contributed by atoms with Gasteiger partial charge in [0, 0.05) is 0 Å². The summed E-state index contributed by atoms with van der Waals surface area (Å²) in [5, 5.41) is 0. The lowest BCUT2D eigenvalue weighted by atomic mass is 10.1. The van der Waals surface area contributed by atoms with Gasteiger partial charge >= 0.3 is 0 Å². The Balaban J connectivity index is 1.86. The molecule has 2 aliphatic rings. The van der Waals surface area contributed by atoms with Crippen molar-refractivity contribution < 1.29 is 8.95 Å². The largest absolute Gasteiger partial charge is 0.492 e. The van der Waals surface area contributed by atoms with Gasteiger partial charge in [-0.1, -0.05) is 13.0 Å². The first-order valence-electron chi connectivity index (χ1n) is 5.94. The Morgan fingerprint density at radius 2 is 2.39 bits per heavy atom. The first kappa shape index (κ1) is 11.5. The Morgan fingerprint density at radius 3 is 3.11 bits per heavy atom. The number of benzene rings is 1. The summed E-state index contributed by atoms with van der Waals surface area (Å²) < 4.78 is 23.7. The maximum atomic E-state index is 11.4. The topological polar surface area (TPSA) is 76.7 Å². The molecule has 3 atom stereocenters. The van der Waals surface area contributed by atoms with Crippen molar-refractivity contribution in [3.63, 3.8) is 0 Å². The number of nitrogens with one attached hydrogen (secondary N) is 1. The van der Waals surface area contributed by atoms with E-state index in [0.717, 1.165) is 5.92 Å². The summed E-state index contributed by atoms with van der Waals surface area (Å²) in [5.41, 5.74) is 7.25. The first-order chi connectivity index (χ1) is 8.65. The van der Waals surface area contributed by atoms with Crippen molar-refractivity contribution in [3.8, 4) is 5.75 Å². The highest BCUT2D eigenvalue weighted by atomic mass is 32.2. The summed E-state index contributed by atoms with van der Waals surface area (Å²) in [4.78, 5) is 0. The van der Waals surface area contributed by atoms with Crippen LogP contribution in [0.25, 0.3) is 0 Å². The molecule has 1 aromatic carbocycles. The van der Waals surface area contributed by atoms with E-state index in [9.17, 15) is 4.21 Å². The third kappa shape index (κ3) is 2.08. The molecule has 0 aromatic heterocycles. The predicted molar refractivity (Wildman–Crippen MR) is 71.7 cm³/mol. The van der Waals surface area contributed by atoms with Crippen LogP contribution in [0.15, 0.2) is 22.6 Å². The number of nitrogens with zero attached hydrogens (tertiary/aromatic N) is 1. The molecule has 3 N–H and O–H groups in total. The molecular formula is C12H15N3O2S. The Bertz CT molecular complexity index is 544. The lowest BCUT2D eigenvalue weighted by molar-refractivity contribution is 0.293. The van der Waals surface area contributed by atoms with Crippen molar-refractivity contribution >= 4 is 22.7 Å². The molecular weight excluding hydrogens is 250 g/mol. The van der Waals surface area contributed by atoms with Gasteiger partial charge < -0.3 is 10.5 Å². The molecule has 3 rings (SSSR count). The first-order valence-corrected chi connectivity index (χ1v) is 7.04. The molecule has 18 heavy (non-hydrogen) atoms. The zero-order valence-corrected chi connectivity index (χ0v) is 10.9. The predicted octanol–water partition coefficient (Wildman–Crippen LogP) is 1.43. The molecule has 0 amide bonds. The van der Waals surface area contributed by atoms with Crippen LogP contribution in [0.4, 0.5) is 5.69 Å². The maximum absolute atomic E-state index is 11.4. The molecule has 0 saturated heterocycles. The number of nitrogens with two attached hydrogens (primary N) is 1. The van der Waals surface area contributed by atoms with Crippen LogP contribution in [0, 0.1) is 11.8 Å². The molecule has 1 heterocycles. The molecule has 2 unspecified atom stereocenters. The Hall–Kier alpha value is -1.56. The van der Waals surface area contributed by atoms with E-state index in [4.69, 9.17) is 10.5 Å². The molecule has 1 aromatic rings. The van der Waals surface area contributed by atoms with E-state index in [1.165, 1.54) is 6.42 Å². The van der Waals surface area contributed by atoms with E-state index in [0.29, 0.717) is 29.5 Å². The molecule has 6 heteroatoms. The summed E-state index contributed by atoms with van der Waals surface area (Å²) >= 11 is -1.49. The third-order valence-electron chi connectivity index (χ3n) is 3.39. The average molecular weight is 265 g/mol. The monoisotopic (exact) mass is 265 g/mol. The van der Waals surface area contributed by atoms with Crippen LogP contribution < -0.4 is 15.2 Å². The highest BCUT2D eigenvalue weighted by Crippen LogP contribution is 2.38. The third-order valence-corrected chi connectivity index (χ3v) is 4.15. The SMILES string of the molecule is C[C@H]1CC1COc1cccc2c1C(N)=NS(=O)N2. The van der Waals surface area contributed by atoms with Crippen LogP contribution >= 0.6 is 0 Å². The van der Waals surface area contributed by atoms with E-state index in [-0.39, 0.29) is 5.84 Å². The smallest absolute Gasteiger partial charge is 0.245 e. The summed E-state index contributed by atoms with van der Waals surface area (Å²) in [5.74, 6) is 2.37. The van der Waals surface area contributed by atoms with Gasteiger partial charge in [-0.2, -0.15) is 4.40 Å². The zero-order valence-electron chi connectivity index (χ0n) is 10.1. The van der Waals surface area contributed by atoms with Crippen LogP contribution in [-0.4, -0.2) is 16.7 Å². The van der Waals surface area contributed by atoms with Crippen molar-refractivity contribution in [2.24, 2.45) is 22.0 Å². The molecule has 0 spiro atoms. The molecule has 1 fully saturated rings. The average Bonchev–Trinajstić information content (AvgIpc) is 3.02. The number of hydrogen-bond donors (Lipinski definition) is 2. The summed E-state index contributed by atoms with van der Waals surface area (Å²) in [6, 6.07) is 5.54. The second-order valence-corrected chi connectivity index (χ2v) is 5.68. The number of fused-ring (bicyclic) bond motifs is 1. The van der Waals surface area contributed by atoms with Gasteiger partial charge in [0.2, 0.25) is 11.2 Å². The molecule has 5 nitrogen and oxygen atoms in total. The summed E-state index contributed by atoms with van der Waals surface area (Å²) in [6.45, 7) is 2.92. The van der Waals surface area contributed by atoms with Gasteiger partial charge in [0.25, 0.3) is 0 Å². The highest BCUT2D eigenvalue weighted by Gasteiger charge is 2.33. The van der Waals surface area contributed by atoms with Gasteiger partial charge in [-0.05, 0) is 30.4 Å². The lowest BCUT2D eigenvalue weighted by Crippen LogP contribution is -2.24. The van der Waals surface area contributed by atoms with E-state index in [1.807, 2.05) is 18.2 Å². The van der Waals surface area contributed by atoms with Gasteiger partial charge in [-0.25, -0.2) is 4.21 Å². The van der Waals surface area contributed by atoms with Crippen LogP contribution in [-0.2, 0) is 11.2 Å². The maximum Gasteiger partial charge on any atom is 0.245 e. The molecule has 1 saturated carbocycles. The van der Waals surface area contributed by atoms with Crippen LogP contribution in [0.1, 0.15) is 18.9 Å². The molecule has 1 aliphatic heterocycles. The zero-order chi connectivity index (χ0) is 12.7. The summed E-state index contributed by atoms with van der Waals surface area (Å²) in [7, 11) is 0. The van der Waals surface area contributed by atoms with E-state index in [2.05, 4.69) is 16.0 Å². The van der Waals surface area contributed by atoms with E-state index < -0.39 is 11.2 Å². The minimum atomic E-state index is -1.49. The van der Waals surface area contributed by atoms with Crippen molar-refractivity contribution in [3.05, 3.63) is 23.8 Å². The molecule has 0 radical (unpaired) electrons. The minimum Gasteiger partial charge on any atom is -0.492 e. The number of ether oxygens (including phenoxy) is 1. The number of hydrogen-bond acceptors (Lipinski definition) is 3. The van der Waals surface area contributed by atoms with Gasteiger partial charge in [-0.15, -0.1) is 0 Å². The number of amidine groups is 1. The Morgan fingerprint density at radius 1 is 1.61 bits per heavy atom. The van der Waals surface area contributed by atoms with Crippen LogP contribution in [0.3, 0.4) is 0 Å². The fraction of sp³-hybridized carbons (Fsp3) is 0.417. The van der Waals surface area contributed by atoms with Gasteiger partial charge in [0.15, 0.2) is 0 Å². The molecule has 1 aliphatic carbocycles. The fourth-order valence-electron chi connectivity index (χ4n) is 2.08. The fourth-order valence-corrected chi connectivity index (χ4v) is 2.75. The quantitative estimate of drug-likeness (QED) is 0.868. The Kier molecular flexibility index (Phi) is 2.74. The second-order valence-electron chi connectivity index (χ2n) is 4.79. The Labute approximate surface area is 108 Å². The second kappa shape index (κ2) is 4.28. The van der Waals surface area contributed by atoms with Gasteiger partial charge in [0.1, 0.15) is 11.6 Å². The highest BCUT2D eigenvalue weighted by molar-refractivity contribution is 7.85. The number of anilines is 1. The van der Waals surface area contributed by atoms with Gasteiger partial charge in [0.05, 0.1) is 17.9 Å². The normalized spacial score (nSPS) is 28.9. The van der Waals surface area contributed by atoms with Crippen molar-refractivity contribution in [1.29, 1.82) is 0 Å².